The summed E-state index contributed by atoms with van der Waals surface area (Å²) >= 11 is 0.779. The van der Waals surface area contributed by atoms with Gasteiger partial charge in [-0.05, 0) is 24.0 Å². The first-order valence-corrected chi connectivity index (χ1v) is 10.0. The molecule has 2 aromatic rings. The number of aliphatic hydroxyl groups excluding tert-OH is 2. The predicted molar refractivity (Wildman–Crippen MR) is 97.7 cm³/mol. The van der Waals surface area contributed by atoms with Crippen LogP contribution in [-0.2, 0) is 0 Å². The van der Waals surface area contributed by atoms with Gasteiger partial charge < -0.3 is 15.5 Å². The number of aliphatic hydroxyl groups is 2. The number of halogens is 3. The number of fused-ring (bicyclic) bond motifs is 1. The van der Waals surface area contributed by atoms with Crippen LogP contribution >= 0.6 is 11.3 Å². The van der Waals surface area contributed by atoms with E-state index >= 15 is 0 Å². The Balaban J connectivity index is 1.48. The van der Waals surface area contributed by atoms with Gasteiger partial charge in [0.25, 0.3) is 0 Å². The van der Waals surface area contributed by atoms with E-state index in [-0.39, 0.29) is 17.7 Å². The first kappa shape index (κ1) is 20.4. The molecule has 0 amide bonds. The van der Waals surface area contributed by atoms with Crippen molar-refractivity contribution in [3.8, 4) is 0 Å². The fraction of sp³-hybridized carbons (Fsp3) is 0.588. The van der Waals surface area contributed by atoms with E-state index in [0.717, 1.165) is 36.5 Å². The maximum absolute atomic E-state index is 12.8. The van der Waals surface area contributed by atoms with Crippen LogP contribution in [0.1, 0.15) is 40.7 Å². The molecule has 0 aromatic carbocycles. The molecule has 0 radical (unpaired) electrons. The maximum atomic E-state index is 12.8. The number of aromatic nitrogens is 3. The van der Waals surface area contributed by atoms with Crippen molar-refractivity contribution in [2.45, 2.75) is 24.7 Å². The molecule has 2 unspecified atom stereocenters. The van der Waals surface area contributed by atoms with E-state index < -0.39 is 12.3 Å². The SMILES string of the molecule is OCCNCC1CN(C2CC(c3csc(C(O)C(F)(F)F)n3)=Cc3nonc32)C1. The Morgan fingerprint density at radius 1 is 1.34 bits per heavy atom. The fourth-order valence-electron chi connectivity index (χ4n) is 3.62. The normalized spacial score (nSPS) is 21.6. The molecule has 0 spiro atoms. The highest BCUT2D eigenvalue weighted by molar-refractivity contribution is 7.09. The van der Waals surface area contributed by atoms with Crippen molar-refractivity contribution >= 4 is 23.0 Å². The van der Waals surface area contributed by atoms with Crippen molar-refractivity contribution in [3.05, 3.63) is 27.5 Å². The van der Waals surface area contributed by atoms with E-state index in [1.807, 2.05) is 0 Å². The molecule has 2 aliphatic rings. The van der Waals surface area contributed by atoms with Crippen LogP contribution in [0, 0.1) is 5.92 Å². The van der Waals surface area contributed by atoms with Crippen LogP contribution < -0.4 is 5.32 Å². The van der Waals surface area contributed by atoms with Gasteiger partial charge in [-0.1, -0.05) is 10.3 Å². The van der Waals surface area contributed by atoms with Crippen LogP contribution in [0.2, 0.25) is 0 Å². The second-order valence-corrected chi connectivity index (χ2v) is 8.08. The van der Waals surface area contributed by atoms with Crippen LogP contribution in [0.15, 0.2) is 10.0 Å². The summed E-state index contributed by atoms with van der Waals surface area (Å²) in [5.41, 5.74) is 2.39. The molecule has 3 heterocycles. The molecule has 2 atom stereocenters. The van der Waals surface area contributed by atoms with E-state index in [4.69, 9.17) is 9.74 Å². The third kappa shape index (κ3) is 4.21. The first-order chi connectivity index (χ1) is 13.9. The number of alkyl halides is 3. The Kier molecular flexibility index (Phi) is 5.71. The maximum Gasteiger partial charge on any atom is 0.420 e. The second-order valence-electron chi connectivity index (χ2n) is 7.19. The summed E-state index contributed by atoms with van der Waals surface area (Å²) in [6, 6.07) is -0.0944. The minimum absolute atomic E-state index is 0.0944. The molecule has 12 heteroatoms. The van der Waals surface area contributed by atoms with Gasteiger partial charge in [0.15, 0.2) is 0 Å². The standard InChI is InChI=1S/C17H20F3N5O3S/c18-17(19,20)15(27)16-22-12(8-29-16)10-3-11-14(24-28-23-11)13(4-10)25-6-9(7-25)5-21-1-2-26/h3,8-9,13,15,21,26-27H,1-2,4-7H2. The number of likely N-dealkylation sites (tertiary alicyclic amines) is 1. The van der Waals surface area contributed by atoms with Gasteiger partial charge in [-0.25, -0.2) is 9.61 Å². The molecule has 8 nitrogen and oxygen atoms in total. The Labute approximate surface area is 168 Å². The Morgan fingerprint density at radius 2 is 2.14 bits per heavy atom. The molecule has 1 aliphatic heterocycles. The molecule has 1 aliphatic carbocycles. The van der Waals surface area contributed by atoms with Gasteiger partial charge in [-0.2, -0.15) is 13.2 Å². The third-order valence-electron chi connectivity index (χ3n) is 5.12. The van der Waals surface area contributed by atoms with E-state index in [1.165, 1.54) is 5.38 Å². The number of rotatable bonds is 7. The van der Waals surface area contributed by atoms with Crippen molar-refractivity contribution in [3.63, 3.8) is 0 Å². The summed E-state index contributed by atoms with van der Waals surface area (Å²) in [7, 11) is 0. The Hall–Kier alpha value is -1.86. The quantitative estimate of drug-likeness (QED) is 0.568. The molecule has 1 fully saturated rings. The topological polar surface area (TPSA) is 108 Å². The van der Waals surface area contributed by atoms with Gasteiger partial charge in [0.2, 0.25) is 6.10 Å². The molecule has 1 saturated heterocycles. The second kappa shape index (κ2) is 8.11. The van der Waals surface area contributed by atoms with Gasteiger partial charge in [-0.3, -0.25) is 4.90 Å². The number of hydrogen-bond donors (Lipinski definition) is 3. The largest absolute Gasteiger partial charge is 0.420 e. The number of thiazole rings is 1. The smallest absolute Gasteiger partial charge is 0.395 e. The van der Waals surface area contributed by atoms with E-state index in [2.05, 4.69) is 25.5 Å². The summed E-state index contributed by atoms with van der Waals surface area (Å²) in [4.78, 5) is 6.23. The van der Waals surface area contributed by atoms with Crippen LogP contribution in [0.25, 0.3) is 11.6 Å². The lowest BCUT2D eigenvalue weighted by Gasteiger charge is -2.44. The van der Waals surface area contributed by atoms with Crippen LogP contribution in [-0.4, -0.2) is 69.4 Å². The summed E-state index contributed by atoms with van der Waals surface area (Å²) < 4.78 is 43.1. The van der Waals surface area contributed by atoms with Gasteiger partial charge in [0, 0.05) is 31.6 Å². The molecule has 0 saturated carbocycles. The lowest BCUT2D eigenvalue weighted by Crippen LogP contribution is -2.52. The van der Waals surface area contributed by atoms with E-state index in [1.54, 1.807) is 6.08 Å². The van der Waals surface area contributed by atoms with E-state index in [9.17, 15) is 18.3 Å². The number of nitrogens with zero attached hydrogens (tertiary/aromatic N) is 4. The van der Waals surface area contributed by atoms with Gasteiger partial charge in [0.1, 0.15) is 16.4 Å². The average Bonchev–Trinajstić information content (AvgIpc) is 3.30. The molecular formula is C17H20F3N5O3S. The highest BCUT2D eigenvalue weighted by Gasteiger charge is 2.42. The van der Waals surface area contributed by atoms with Crippen molar-refractivity contribution in [1.82, 2.24) is 25.5 Å². The van der Waals surface area contributed by atoms with Gasteiger partial charge >= 0.3 is 6.18 Å². The highest BCUT2D eigenvalue weighted by atomic mass is 32.1. The Morgan fingerprint density at radius 3 is 2.86 bits per heavy atom. The molecule has 29 heavy (non-hydrogen) atoms. The minimum atomic E-state index is -4.75. The molecule has 0 bridgehead atoms. The minimum Gasteiger partial charge on any atom is -0.395 e. The molecule has 4 rings (SSSR count). The van der Waals surface area contributed by atoms with E-state index in [0.29, 0.717) is 36.0 Å². The molecule has 2 aromatic heterocycles. The summed E-state index contributed by atoms with van der Waals surface area (Å²) in [6.07, 6.45) is -5.10. The average molecular weight is 431 g/mol. The number of nitrogens with one attached hydrogen (secondary N) is 1. The van der Waals surface area contributed by atoms with Crippen molar-refractivity contribution < 1.29 is 28.0 Å². The first-order valence-electron chi connectivity index (χ1n) is 9.16. The lowest BCUT2D eigenvalue weighted by atomic mass is 9.88. The highest BCUT2D eigenvalue weighted by Crippen LogP contribution is 2.42. The Bertz CT molecular complexity index is 878. The third-order valence-corrected chi connectivity index (χ3v) is 6.02. The summed E-state index contributed by atoms with van der Waals surface area (Å²) in [5, 5.41) is 30.5. The van der Waals surface area contributed by atoms with Gasteiger partial charge in [-0.15, -0.1) is 11.3 Å². The van der Waals surface area contributed by atoms with Crippen molar-refractivity contribution in [2.75, 3.05) is 32.8 Å². The fourth-order valence-corrected chi connectivity index (χ4v) is 4.47. The number of hydrogen-bond acceptors (Lipinski definition) is 9. The zero-order valence-electron chi connectivity index (χ0n) is 15.3. The predicted octanol–water partition coefficient (Wildman–Crippen LogP) is 1.62. The van der Waals surface area contributed by atoms with Gasteiger partial charge in [0.05, 0.1) is 18.3 Å². The van der Waals surface area contributed by atoms with Crippen LogP contribution in [0.5, 0.6) is 0 Å². The lowest BCUT2D eigenvalue weighted by molar-refractivity contribution is -0.206. The zero-order valence-corrected chi connectivity index (χ0v) is 16.1. The summed E-state index contributed by atoms with van der Waals surface area (Å²) in [5.74, 6) is 0.451. The van der Waals surface area contributed by atoms with Crippen LogP contribution in [0.3, 0.4) is 0 Å². The monoisotopic (exact) mass is 431 g/mol. The molecule has 3 N–H and O–H groups in total. The van der Waals surface area contributed by atoms with Crippen molar-refractivity contribution in [1.29, 1.82) is 0 Å². The van der Waals surface area contributed by atoms with Crippen molar-refractivity contribution in [2.24, 2.45) is 5.92 Å². The molecule has 158 valence electrons. The molecular weight excluding hydrogens is 411 g/mol. The van der Waals surface area contributed by atoms with Crippen LogP contribution in [0.4, 0.5) is 13.2 Å². The summed E-state index contributed by atoms with van der Waals surface area (Å²) in [6.45, 7) is 3.12. The zero-order chi connectivity index (χ0) is 20.6.